The van der Waals surface area contributed by atoms with Crippen molar-refractivity contribution in [2.75, 3.05) is 0 Å². The van der Waals surface area contributed by atoms with Gasteiger partial charge in [0.15, 0.2) is 0 Å². The molecular weight excluding hydrogens is 302 g/mol. The van der Waals surface area contributed by atoms with Gasteiger partial charge in [-0.25, -0.2) is 0 Å². The van der Waals surface area contributed by atoms with Crippen LogP contribution in [0.1, 0.15) is 5.56 Å². The Morgan fingerprint density at radius 2 is 1.95 bits per heavy atom. The van der Waals surface area contributed by atoms with Gasteiger partial charge in [0.1, 0.15) is 12.8 Å². The maximum absolute atomic E-state index is 10.8. The molecule has 0 amide bonds. The lowest BCUT2D eigenvalue weighted by atomic mass is 10.2. The molecule has 0 N–H and O–H groups in total. The van der Waals surface area contributed by atoms with Crippen molar-refractivity contribution in [2.45, 2.75) is 6.61 Å². The van der Waals surface area contributed by atoms with Gasteiger partial charge >= 0.3 is 5.82 Å². The van der Waals surface area contributed by atoms with E-state index < -0.39 is 15.7 Å². The summed E-state index contributed by atoms with van der Waals surface area (Å²) in [5.41, 5.74) is 0.211. The van der Waals surface area contributed by atoms with Crippen LogP contribution in [0, 0.1) is 20.2 Å². The number of hydrogen-bond donors (Lipinski definition) is 0. The van der Waals surface area contributed by atoms with Gasteiger partial charge in [0, 0.05) is 22.7 Å². The minimum atomic E-state index is -0.676. The smallest absolute Gasteiger partial charge is 0.406 e. The molecule has 1 aromatic heterocycles. The molecule has 1 heterocycles. The summed E-state index contributed by atoms with van der Waals surface area (Å²) in [4.78, 5) is 23.8. The lowest BCUT2D eigenvalue weighted by molar-refractivity contribution is -0.390. The largest absolute Gasteiger partial charge is 0.481 e. The number of halogens is 1. The SMILES string of the molecule is O=[N+]([O-])c1ccc(Cl)c(COc2cccnc2[N+](=O)[O-])c1. The van der Waals surface area contributed by atoms with E-state index in [9.17, 15) is 20.2 Å². The number of nitro benzene ring substituents is 1. The van der Waals surface area contributed by atoms with E-state index >= 15 is 0 Å². The fourth-order valence-corrected chi connectivity index (χ4v) is 1.74. The molecule has 0 radical (unpaired) electrons. The molecular formula is C12H8ClN3O5. The van der Waals surface area contributed by atoms with Gasteiger partial charge in [-0.1, -0.05) is 11.6 Å². The second-order valence-electron chi connectivity index (χ2n) is 3.90. The molecule has 0 atom stereocenters. The average molecular weight is 310 g/mol. The molecule has 0 saturated heterocycles. The molecule has 0 aliphatic carbocycles. The fourth-order valence-electron chi connectivity index (χ4n) is 1.57. The molecule has 0 aliphatic heterocycles. The van der Waals surface area contributed by atoms with E-state index in [-0.39, 0.29) is 23.1 Å². The Hall–Kier alpha value is -2.74. The monoisotopic (exact) mass is 309 g/mol. The van der Waals surface area contributed by atoms with Gasteiger partial charge in [-0.3, -0.25) is 10.1 Å². The lowest BCUT2D eigenvalue weighted by Gasteiger charge is -2.07. The fraction of sp³-hybridized carbons (Fsp3) is 0.0833. The predicted octanol–water partition coefficient (Wildman–Crippen LogP) is 3.13. The van der Waals surface area contributed by atoms with E-state index in [2.05, 4.69) is 4.98 Å². The van der Waals surface area contributed by atoms with Crippen LogP contribution >= 0.6 is 11.6 Å². The summed E-state index contributed by atoms with van der Waals surface area (Å²) in [5.74, 6) is -0.468. The van der Waals surface area contributed by atoms with Gasteiger partial charge in [-0.15, -0.1) is 0 Å². The number of pyridine rings is 1. The highest BCUT2D eigenvalue weighted by molar-refractivity contribution is 6.31. The van der Waals surface area contributed by atoms with Crippen molar-refractivity contribution in [3.05, 3.63) is 67.3 Å². The van der Waals surface area contributed by atoms with Crippen LogP contribution in [0.15, 0.2) is 36.5 Å². The molecule has 8 nitrogen and oxygen atoms in total. The average Bonchev–Trinajstić information content (AvgIpc) is 2.46. The van der Waals surface area contributed by atoms with Crippen molar-refractivity contribution in [3.8, 4) is 5.75 Å². The van der Waals surface area contributed by atoms with Crippen molar-refractivity contribution in [1.82, 2.24) is 4.98 Å². The number of hydrogen-bond acceptors (Lipinski definition) is 6. The Morgan fingerprint density at radius 3 is 2.62 bits per heavy atom. The molecule has 21 heavy (non-hydrogen) atoms. The van der Waals surface area contributed by atoms with Crippen LogP contribution in [0.4, 0.5) is 11.5 Å². The van der Waals surface area contributed by atoms with Crippen LogP contribution in [0.2, 0.25) is 5.02 Å². The molecule has 0 saturated carbocycles. The summed E-state index contributed by atoms with van der Waals surface area (Å²) in [5, 5.41) is 21.8. The summed E-state index contributed by atoms with van der Waals surface area (Å²) in [6, 6.07) is 6.76. The predicted molar refractivity (Wildman–Crippen MR) is 73.3 cm³/mol. The number of non-ortho nitro benzene ring substituents is 1. The van der Waals surface area contributed by atoms with Gasteiger partial charge in [0.25, 0.3) is 5.69 Å². The molecule has 9 heteroatoms. The van der Waals surface area contributed by atoms with E-state index in [0.29, 0.717) is 5.56 Å². The lowest BCUT2D eigenvalue weighted by Crippen LogP contribution is -2.01. The first kappa shape index (κ1) is 14.7. The van der Waals surface area contributed by atoms with Crippen LogP contribution in [0.5, 0.6) is 5.75 Å². The standard InChI is InChI=1S/C12H8ClN3O5/c13-10-4-3-9(15(17)18)6-8(10)7-21-11-2-1-5-14-12(11)16(19)20/h1-6H,7H2. The van der Waals surface area contributed by atoms with E-state index in [1.807, 2.05) is 0 Å². The normalized spacial score (nSPS) is 10.1. The van der Waals surface area contributed by atoms with Crippen LogP contribution in [0.3, 0.4) is 0 Å². The molecule has 0 spiro atoms. The number of aromatic nitrogens is 1. The van der Waals surface area contributed by atoms with Crippen LogP contribution in [-0.2, 0) is 6.61 Å². The highest BCUT2D eigenvalue weighted by Crippen LogP contribution is 2.27. The summed E-state index contributed by atoms with van der Waals surface area (Å²) in [7, 11) is 0. The first-order chi connectivity index (χ1) is 9.99. The second-order valence-corrected chi connectivity index (χ2v) is 4.31. The number of benzene rings is 1. The Bertz CT molecular complexity index is 707. The van der Waals surface area contributed by atoms with Crippen molar-refractivity contribution in [2.24, 2.45) is 0 Å². The van der Waals surface area contributed by atoms with Crippen LogP contribution in [0.25, 0.3) is 0 Å². The molecule has 0 aliphatic rings. The van der Waals surface area contributed by atoms with Crippen molar-refractivity contribution in [1.29, 1.82) is 0 Å². The highest BCUT2D eigenvalue weighted by atomic mass is 35.5. The number of nitro groups is 2. The third-order valence-electron chi connectivity index (χ3n) is 2.55. The van der Waals surface area contributed by atoms with Crippen molar-refractivity contribution < 1.29 is 14.6 Å². The Kier molecular flexibility index (Phi) is 4.29. The van der Waals surface area contributed by atoms with Gasteiger partial charge in [0.05, 0.1) is 4.92 Å². The second kappa shape index (κ2) is 6.14. The van der Waals surface area contributed by atoms with Gasteiger partial charge in [-0.05, 0) is 28.1 Å². The molecule has 1 aromatic carbocycles. The molecule has 108 valence electrons. The van der Waals surface area contributed by atoms with Crippen LogP contribution in [-0.4, -0.2) is 14.8 Å². The third kappa shape index (κ3) is 3.42. The zero-order valence-electron chi connectivity index (χ0n) is 10.4. The third-order valence-corrected chi connectivity index (χ3v) is 2.92. The van der Waals surface area contributed by atoms with E-state index in [4.69, 9.17) is 16.3 Å². The van der Waals surface area contributed by atoms with E-state index in [0.717, 1.165) is 0 Å². The summed E-state index contributed by atoms with van der Waals surface area (Å²) < 4.78 is 5.29. The number of rotatable bonds is 5. The highest BCUT2D eigenvalue weighted by Gasteiger charge is 2.17. The van der Waals surface area contributed by atoms with Gasteiger partial charge < -0.3 is 14.9 Å². The minimum absolute atomic E-state index is 0.0370. The topological polar surface area (TPSA) is 108 Å². The van der Waals surface area contributed by atoms with E-state index in [1.165, 1.54) is 36.5 Å². The van der Waals surface area contributed by atoms with Crippen LogP contribution < -0.4 is 4.74 Å². The first-order valence-corrected chi connectivity index (χ1v) is 6.02. The Balaban J connectivity index is 2.22. The molecule has 0 bridgehead atoms. The summed E-state index contributed by atoms with van der Waals surface area (Å²) in [6.45, 7) is -0.146. The Labute approximate surface area is 123 Å². The molecule has 2 rings (SSSR count). The minimum Gasteiger partial charge on any atom is -0.481 e. The van der Waals surface area contributed by atoms with Gasteiger partial charge in [-0.2, -0.15) is 0 Å². The number of nitrogens with zero attached hydrogens (tertiary/aromatic N) is 3. The Morgan fingerprint density at radius 1 is 1.19 bits per heavy atom. The first-order valence-electron chi connectivity index (χ1n) is 5.64. The molecule has 0 unspecified atom stereocenters. The van der Waals surface area contributed by atoms with Gasteiger partial charge in [0.2, 0.25) is 5.75 Å². The van der Waals surface area contributed by atoms with E-state index in [1.54, 1.807) is 0 Å². The van der Waals surface area contributed by atoms with Crippen molar-refractivity contribution in [3.63, 3.8) is 0 Å². The maximum atomic E-state index is 10.8. The molecule has 2 aromatic rings. The van der Waals surface area contributed by atoms with Crippen molar-refractivity contribution >= 4 is 23.1 Å². The molecule has 0 fully saturated rings. The zero-order valence-corrected chi connectivity index (χ0v) is 11.2. The number of ether oxygens (including phenoxy) is 1. The quantitative estimate of drug-likeness (QED) is 0.620. The summed E-state index contributed by atoms with van der Waals surface area (Å²) in [6.07, 6.45) is 1.27. The summed E-state index contributed by atoms with van der Waals surface area (Å²) >= 11 is 5.92. The maximum Gasteiger partial charge on any atom is 0.406 e. The zero-order chi connectivity index (χ0) is 15.4.